The smallest absolute Gasteiger partial charge is 0.377 e. The highest BCUT2D eigenvalue weighted by molar-refractivity contribution is 5.97. The Kier molecular flexibility index (Phi) is 4.28. The number of rotatable bonds is 4. The maximum absolute atomic E-state index is 12.1. The quantitative estimate of drug-likeness (QED) is 0.480. The molecule has 0 bridgehead atoms. The third-order valence-electron chi connectivity index (χ3n) is 2.79. The molecular weight excluding hydrogens is 274 g/mol. The molecule has 112 valence electrons. The zero-order valence-electron chi connectivity index (χ0n) is 12.2. The van der Waals surface area contributed by atoms with Crippen LogP contribution in [0.15, 0.2) is 42.2 Å². The highest BCUT2D eigenvalue weighted by atomic mass is 16.8. The van der Waals surface area contributed by atoms with Gasteiger partial charge >= 0.3 is 5.97 Å². The topological polar surface area (TPSA) is 65.1 Å². The number of benzene rings is 1. The molecule has 0 aromatic heterocycles. The van der Waals surface area contributed by atoms with Crippen molar-refractivity contribution in [3.8, 4) is 0 Å². The molecular formula is C15H17NO5. The largest absolute Gasteiger partial charge is 0.445 e. The van der Waals surface area contributed by atoms with Crippen molar-refractivity contribution in [2.75, 3.05) is 7.11 Å². The zero-order chi connectivity index (χ0) is 15.5. The Labute approximate surface area is 122 Å². The average molecular weight is 291 g/mol. The van der Waals surface area contributed by atoms with Gasteiger partial charge in [0.25, 0.3) is 5.91 Å². The molecule has 0 aliphatic carbocycles. The van der Waals surface area contributed by atoms with Gasteiger partial charge in [0.15, 0.2) is 0 Å². The SMILES string of the molecule is CON(Cc1ccccc1)C(=O)C=C1OC(C)(C)OC1=O. The lowest BCUT2D eigenvalue weighted by atomic mass is 10.2. The summed E-state index contributed by atoms with van der Waals surface area (Å²) < 4.78 is 10.2. The molecule has 1 heterocycles. The van der Waals surface area contributed by atoms with E-state index >= 15 is 0 Å². The number of carbonyl (C=O) groups is 2. The Morgan fingerprint density at radius 1 is 1.29 bits per heavy atom. The third-order valence-corrected chi connectivity index (χ3v) is 2.79. The van der Waals surface area contributed by atoms with Gasteiger partial charge in [-0.2, -0.15) is 0 Å². The molecule has 1 aliphatic heterocycles. The van der Waals surface area contributed by atoms with Gasteiger partial charge in [-0.15, -0.1) is 0 Å². The minimum Gasteiger partial charge on any atom is -0.445 e. The molecule has 0 unspecified atom stereocenters. The molecule has 1 saturated heterocycles. The summed E-state index contributed by atoms with van der Waals surface area (Å²) in [6.45, 7) is 3.45. The highest BCUT2D eigenvalue weighted by Gasteiger charge is 2.38. The van der Waals surface area contributed by atoms with E-state index in [4.69, 9.17) is 14.3 Å². The molecule has 1 aromatic rings. The molecule has 0 spiro atoms. The van der Waals surface area contributed by atoms with Crippen LogP contribution in [-0.2, 0) is 30.4 Å². The molecule has 1 aliphatic rings. The standard InChI is InChI=1S/C15H17NO5/c1-15(2)20-12(14(18)21-15)9-13(17)16(19-3)10-11-7-5-4-6-8-11/h4-9H,10H2,1-3H3. The predicted octanol–water partition coefficient (Wildman–Crippen LogP) is 1.77. The van der Waals surface area contributed by atoms with Gasteiger partial charge in [-0.3, -0.25) is 9.63 Å². The van der Waals surface area contributed by atoms with Gasteiger partial charge in [0.05, 0.1) is 19.7 Å². The summed E-state index contributed by atoms with van der Waals surface area (Å²) in [6.07, 6.45) is 1.07. The zero-order valence-corrected chi connectivity index (χ0v) is 12.2. The number of esters is 1. The Hall–Kier alpha value is -2.34. The van der Waals surface area contributed by atoms with E-state index in [2.05, 4.69) is 0 Å². The fraction of sp³-hybridized carbons (Fsp3) is 0.333. The van der Waals surface area contributed by atoms with Crippen molar-refractivity contribution in [3.05, 3.63) is 47.7 Å². The van der Waals surface area contributed by atoms with Gasteiger partial charge in [0, 0.05) is 13.8 Å². The normalized spacial score (nSPS) is 18.2. The van der Waals surface area contributed by atoms with Crippen LogP contribution in [0.25, 0.3) is 0 Å². The van der Waals surface area contributed by atoms with Gasteiger partial charge in [-0.1, -0.05) is 30.3 Å². The van der Waals surface area contributed by atoms with E-state index in [9.17, 15) is 9.59 Å². The fourth-order valence-corrected chi connectivity index (χ4v) is 1.86. The van der Waals surface area contributed by atoms with Crippen molar-refractivity contribution in [3.63, 3.8) is 0 Å². The molecule has 0 N–H and O–H groups in total. The molecule has 1 aromatic carbocycles. The van der Waals surface area contributed by atoms with E-state index in [-0.39, 0.29) is 12.3 Å². The summed E-state index contributed by atoms with van der Waals surface area (Å²) in [6, 6.07) is 9.36. The summed E-state index contributed by atoms with van der Waals surface area (Å²) in [5.41, 5.74) is 0.904. The van der Waals surface area contributed by atoms with Gasteiger partial charge in [-0.05, 0) is 5.56 Å². The lowest BCUT2D eigenvalue weighted by molar-refractivity contribution is -0.173. The first kappa shape index (κ1) is 15.1. The minimum atomic E-state index is -1.06. The van der Waals surface area contributed by atoms with Crippen molar-refractivity contribution in [1.82, 2.24) is 5.06 Å². The molecule has 21 heavy (non-hydrogen) atoms. The average Bonchev–Trinajstić information content (AvgIpc) is 2.69. The summed E-state index contributed by atoms with van der Waals surface area (Å²) in [5.74, 6) is -2.34. The Morgan fingerprint density at radius 2 is 1.95 bits per heavy atom. The molecule has 1 fully saturated rings. The van der Waals surface area contributed by atoms with E-state index in [1.165, 1.54) is 7.11 Å². The third kappa shape index (κ3) is 3.82. The van der Waals surface area contributed by atoms with E-state index < -0.39 is 17.7 Å². The molecule has 0 saturated carbocycles. The molecule has 0 atom stereocenters. The predicted molar refractivity (Wildman–Crippen MR) is 73.3 cm³/mol. The number of amides is 1. The van der Waals surface area contributed by atoms with Crippen molar-refractivity contribution in [1.29, 1.82) is 0 Å². The van der Waals surface area contributed by atoms with Crippen LogP contribution < -0.4 is 0 Å². The number of hydrogen-bond donors (Lipinski definition) is 0. The molecule has 2 rings (SSSR count). The lowest BCUT2D eigenvalue weighted by Gasteiger charge is -2.18. The highest BCUT2D eigenvalue weighted by Crippen LogP contribution is 2.26. The molecule has 6 nitrogen and oxygen atoms in total. The number of hydroxylamine groups is 2. The summed E-state index contributed by atoms with van der Waals surface area (Å²) in [5, 5.41) is 1.13. The second kappa shape index (κ2) is 5.97. The van der Waals surface area contributed by atoms with Crippen LogP contribution in [0.3, 0.4) is 0 Å². The van der Waals surface area contributed by atoms with Gasteiger partial charge in [-0.25, -0.2) is 9.86 Å². The van der Waals surface area contributed by atoms with Gasteiger partial charge < -0.3 is 9.47 Å². The Bertz CT molecular complexity index is 565. The van der Waals surface area contributed by atoms with E-state index in [0.29, 0.717) is 0 Å². The second-order valence-corrected chi connectivity index (χ2v) is 4.94. The van der Waals surface area contributed by atoms with Crippen LogP contribution in [0, 0.1) is 0 Å². The van der Waals surface area contributed by atoms with Gasteiger partial charge in [0.2, 0.25) is 11.5 Å². The van der Waals surface area contributed by atoms with Crippen molar-refractivity contribution >= 4 is 11.9 Å². The van der Waals surface area contributed by atoms with Gasteiger partial charge in [0.1, 0.15) is 0 Å². The number of carbonyl (C=O) groups excluding carboxylic acids is 2. The van der Waals surface area contributed by atoms with E-state index in [1.807, 2.05) is 30.3 Å². The number of nitrogens with zero attached hydrogens (tertiary/aromatic N) is 1. The Balaban J connectivity index is 2.09. The maximum atomic E-state index is 12.1. The molecule has 6 heteroatoms. The van der Waals surface area contributed by atoms with E-state index in [1.54, 1.807) is 13.8 Å². The monoisotopic (exact) mass is 291 g/mol. The summed E-state index contributed by atoms with van der Waals surface area (Å²) in [7, 11) is 1.39. The first-order valence-corrected chi connectivity index (χ1v) is 6.45. The lowest BCUT2D eigenvalue weighted by Crippen LogP contribution is -2.28. The van der Waals surface area contributed by atoms with Crippen molar-refractivity contribution in [2.45, 2.75) is 26.2 Å². The number of ether oxygens (including phenoxy) is 2. The first-order chi connectivity index (χ1) is 9.91. The Morgan fingerprint density at radius 3 is 2.48 bits per heavy atom. The number of hydrogen-bond acceptors (Lipinski definition) is 5. The van der Waals surface area contributed by atoms with Crippen LogP contribution >= 0.6 is 0 Å². The summed E-state index contributed by atoms with van der Waals surface area (Å²) >= 11 is 0. The first-order valence-electron chi connectivity index (χ1n) is 6.45. The molecule has 0 radical (unpaired) electrons. The van der Waals surface area contributed by atoms with Crippen LogP contribution in [0.2, 0.25) is 0 Å². The maximum Gasteiger partial charge on any atom is 0.377 e. The van der Waals surface area contributed by atoms with Crippen LogP contribution in [0.1, 0.15) is 19.4 Å². The minimum absolute atomic E-state index is 0.125. The van der Waals surface area contributed by atoms with Crippen molar-refractivity contribution in [2.24, 2.45) is 0 Å². The number of cyclic esters (lactones) is 1. The van der Waals surface area contributed by atoms with Crippen LogP contribution in [-0.4, -0.2) is 29.8 Å². The second-order valence-electron chi connectivity index (χ2n) is 4.94. The fourth-order valence-electron chi connectivity index (χ4n) is 1.86. The molecule has 1 amide bonds. The van der Waals surface area contributed by atoms with Crippen LogP contribution in [0.5, 0.6) is 0 Å². The van der Waals surface area contributed by atoms with Crippen molar-refractivity contribution < 1.29 is 23.9 Å². The van der Waals surface area contributed by atoms with Crippen LogP contribution in [0.4, 0.5) is 0 Å². The summed E-state index contributed by atoms with van der Waals surface area (Å²) in [4.78, 5) is 28.7. The van der Waals surface area contributed by atoms with E-state index in [0.717, 1.165) is 16.7 Å².